The topological polar surface area (TPSA) is 41.6 Å². The third-order valence-corrected chi connectivity index (χ3v) is 5.99. The predicted octanol–water partition coefficient (Wildman–Crippen LogP) is 5.75. The predicted molar refractivity (Wildman–Crippen MR) is 109 cm³/mol. The Kier molecular flexibility index (Phi) is 7.49. The zero-order valence-corrected chi connectivity index (χ0v) is 17.2. The second-order valence-electron chi connectivity index (χ2n) is 6.74. The van der Waals surface area contributed by atoms with Gasteiger partial charge in [-0.15, -0.1) is 0 Å². The summed E-state index contributed by atoms with van der Waals surface area (Å²) in [4.78, 5) is 13.6. The largest absolute Gasteiger partial charge is 0.435 e. The van der Waals surface area contributed by atoms with Gasteiger partial charge in [-0.3, -0.25) is 10.2 Å². The molecule has 30 heavy (non-hydrogen) atoms. The Bertz CT molecular complexity index is 867. The van der Waals surface area contributed by atoms with Crippen molar-refractivity contribution >= 4 is 35.1 Å². The summed E-state index contributed by atoms with van der Waals surface area (Å²) in [6, 6.07) is 11.9. The Balaban J connectivity index is 1.62. The quantitative estimate of drug-likeness (QED) is 0.574. The van der Waals surface area contributed by atoms with Gasteiger partial charge in [-0.05, 0) is 42.0 Å². The van der Waals surface area contributed by atoms with Crippen LogP contribution >= 0.6 is 23.4 Å². The summed E-state index contributed by atoms with van der Waals surface area (Å²) in [6.45, 7) is 0.206. The summed E-state index contributed by atoms with van der Waals surface area (Å²) < 4.78 is 58.7. The Morgan fingerprint density at radius 2 is 2.00 bits per heavy atom. The van der Waals surface area contributed by atoms with Crippen LogP contribution < -0.4 is 5.32 Å². The minimum absolute atomic E-state index is 0.161. The zero-order chi connectivity index (χ0) is 21.7. The molecule has 1 aliphatic rings. The summed E-state index contributed by atoms with van der Waals surface area (Å²) in [7, 11) is 0. The van der Waals surface area contributed by atoms with Gasteiger partial charge >= 0.3 is 12.3 Å². The fourth-order valence-electron chi connectivity index (χ4n) is 3.03. The highest BCUT2D eigenvalue weighted by Gasteiger charge is 2.44. The van der Waals surface area contributed by atoms with Gasteiger partial charge in [0.2, 0.25) is 6.10 Å². The van der Waals surface area contributed by atoms with E-state index in [1.807, 2.05) is 0 Å². The maximum atomic E-state index is 13.5. The first-order valence-electron chi connectivity index (χ1n) is 9.10. The Morgan fingerprint density at radius 1 is 1.27 bits per heavy atom. The number of carbonyl (C=O) groups excluding carboxylic acids is 1. The van der Waals surface area contributed by atoms with E-state index in [1.165, 1.54) is 36.4 Å². The normalized spacial score (nSPS) is 18.6. The number of carbonyl (C=O) groups is 1. The van der Waals surface area contributed by atoms with E-state index in [4.69, 9.17) is 16.3 Å². The number of hydrogen-bond donors (Lipinski definition) is 1. The van der Waals surface area contributed by atoms with E-state index in [0.29, 0.717) is 23.9 Å². The summed E-state index contributed by atoms with van der Waals surface area (Å²) in [6.07, 6.45) is -8.22. The lowest BCUT2D eigenvalue weighted by molar-refractivity contribution is -0.206. The van der Waals surface area contributed by atoms with E-state index in [1.54, 1.807) is 28.8 Å². The molecule has 1 amide bonds. The number of alkyl halides is 3. The van der Waals surface area contributed by atoms with Crippen molar-refractivity contribution in [3.8, 4) is 0 Å². The molecule has 1 N–H and O–H groups in total. The Morgan fingerprint density at radius 3 is 2.67 bits per heavy atom. The highest BCUT2D eigenvalue weighted by atomic mass is 35.5. The number of amides is 1. The first-order valence-corrected chi connectivity index (χ1v) is 10.5. The summed E-state index contributed by atoms with van der Waals surface area (Å²) in [5, 5.41) is 2.53. The number of rotatable bonds is 5. The number of halogens is 5. The van der Waals surface area contributed by atoms with Crippen LogP contribution in [-0.4, -0.2) is 48.7 Å². The number of nitrogens with zero attached hydrogens (tertiary/aromatic N) is 1. The highest BCUT2D eigenvalue weighted by Crippen LogP contribution is 2.34. The summed E-state index contributed by atoms with van der Waals surface area (Å²) >= 11 is 7.30. The molecule has 3 rings (SSSR count). The molecule has 0 bridgehead atoms. The van der Waals surface area contributed by atoms with E-state index >= 15 is 0 Å². The van der Waals surface area contributed by atoms with Crippen molar-refractivity contribution in [2.24, 2.45) is 0 Å². The van der Waals surface area contributed by atoms with Gasteiger partial charge in [-0.1, -0.05) is 23.7 Å². The molecule has 0 spiro atoms. The summed E-state index contributed by atoms with van der Waals surface area (Å²) in [5.41, 5.74) is 0.987. The fraction of sp³-hybridized carbons (Fsp3) is 0.350. The maximum Gasteiger partial charge on any atom is 0.426 e. The van der Waals surface area contributed by atoms with Gasteiger partial charge in [0.1, 0.15) is 5.82 Å². The van der Waals surface area contributed by atoms with Gasteiger partial charge in [0, 0.05) is 41.3 Å². The smallest absolute Gasteiger partial charge is 0.426 e. The molecule has 1 saturated heterocycles. The molecule has 10 heteroatoms. The number of ether oxygens (including phenoxy) is 1. The van der Waals surface area contributed by atoms with Gasteiger partial charge in [0.15, 0.2) is 0 Å². The standard InChI is InChI=1S/C20H19ClF4N2O2S/c21-14-4-6-16(7-5-14)26-19(28)29-18(20(23,24)25)12-27-8-9-30-17(11-27)13-2-1-3-15(22)10-13/h1-7,10,17-18H,8-9,11-12H2,(H,26,28)/t17-,18?/m1/s1. The number of nitrogens with one attached hydrogen (secondary N) is 1. The Labute approximate surface area is 180 Å². The molecule has 2 aromatic rings. The lowest BCUT2D eigenvalue weighted by Crippen LogP contribution is -2.47. The van der Waals surface area contributed by atoms with E-state index in [9.17, 15) is 22.4 Å². The fourth-order valence-corrected chi connectivity index (χ4v) is 4.46. The number of thioether (sulfide) groups is 1. The second kappa shape index (κ2) is 9.89. The molecule has 2 aromatic carbocycles. The highest BCUT2D eigenvalue weighted by molar-refractivity contribution is 7.99. The van der Waals surface area contributed by atoms with Gasteiger partial charge in [0.25, 0.3) is 0 Å². The van der Waals surface area contributed by atoms with Crippen molar-refractivity contribution in [2.45, 2.75) is 17.5 Å². The van der Waals surface area contributed by atoms with Crippen LogP contribution in [0.3, 0.4) is 0 Å². The molecular weight excluding hydrogens is 444 g/mol. The van der Waals surface area contributed by atoms with Crippen molar-refractivity contribution in [1.82, 2.24) is 4.90 Å². The van der Waals surface area contributed by atoms with Gasteiger partial charge in [0.05, 0.1) is 0 Å². The number of hydrogen-bond acceptors (Lipinski definition) is 4. The van der Waals surface area contributed by atoms with Crippen LogP contribution in [0.25, 0.3) is 0 Å². The van der Waals surface area contributed by atoms with Gasteiger partial charge in [-0.25, -0.2) is 9.18 Å². The number of anilines is 1. The van der Waals surface area contributed by atoms with E-state index in [0.717, 1.165) is 5.56 Å². The minimum Gasteiger partial charge on any atom is -0.435 e. The van der Waals surface area contributed by atoms with E-state index in [2.05, 4.69) is 5.32 Å². The van der Waals surface area contributed by atoms with Crippen molar-refractivity contribution in [2.75, 3.05) is 30.7 Å². The Hall–Kier alpha value is -1.97. The second-order valence-corrected chi connectivity index (χ2v) is 8.49. The maximum absolute atomic E-state index is 13.5. The van der Waals surface area contributed by atoms with Crippen LogP contribution in [0.1, 0.15) is 10.8 Å². The van der Waals surface area contributed by atoms with Crippen molar-refractivity contribution in [1.29, 1.82) is 0 Å². The van der Waals surface area contributed by atoms with Crippen molar-refractivity contribution < 1.29 is 27.1 Å². The van der Waals surface area contributed by atoms with E-state index in [-0.39, 0.29) is 16.8 Å². The SMILES string of the molecule is O=C(Nc1ccc(Cl)cc1)OC(CN1CCS[C@@H](c2cccc(F)c2)C1)C(F)(F)F. The van der Waals surface area contributed by atoms with E-state index < -0.39 is 24.9 Å². The minimum atomic E-state index is -4.73. The lowest BCUT2D eigenvalue weighted by atomic mass is 10.1. The lowest BCUT2D eigenvalue weighted by Gasteiger charge is -2.35. The molecule has 0 saturated carbocycles. The molecule has 1 fully saturated rings. The molecule has 0 aromatic heterocycles. The van der Waals surface area contributed by atoms with Crippen LogP contribution in [0.2, 0.25) is 5.02 Å². The number of benzene rings is 2. The van der Waals surface area contributed by atoms with Crippen LogP contribution in [-0.2, 0) is 4.74 Å². The molecule has 0 radical (unpaired) electrons. The molecule has 0 aliphatic carbocycles. The average Bonchev–Trinajstić information content (AvgIpc) is 2.69. The van der Waals surface area contributed by atoms with Crippen LogP contribution in [0, 0.1) is 5.82 Å². The molecule has 162 valence electrons. The monoisotopic (exact) mass is 462 g/mol. The zero-order valence-electron chi connectivity index (χ0n) is 15.7. The molecule has 1 aliphatic heterocycles. The first kappa shape index (κ1) is 22.7. The third kappa shape index (κ3) is 6.52. The van der Waals surface area contributed by atoms with Gasteiger partial charge < -0.3 is 4.74 Å². The first-order chi connectivity index (χ1) is 14.2. The van der Waals surface area contributed by atoms with Crippen LogP contribution in [0.5, 0.6) is 0 Å². The van der Waals surface area contributed by atoms with Gasteiger partial charge in [-0.2, -0.15) is 24.9 Å². The molecule has 4 nitrogen and oxygen atoms in total. The summed E-state index contributed by atoms with van der Waals surface area (Å²) in [5.74, 6) is 0.198. The molecule has 1 unspecified atom stereocenters. The van der Waals surface area contributed by atoms with Crippen LogP contribution in [0.4, 0.5) is 28.0 Å². The van der Waals surface area contributed by atoms with Crippen molar-refractivity contribution in [3.05, 3.63) is 64.9 Å². The average molecular weight is 463 g/mol. The van der Waals surface area contributed by atoms with Crippen LogP contribution in [0.15, 0.2) is 48.5 Å². The third-order valence-electron chi connectivity index (χ3n) is 4.50. The molecule has 1 heterocycles. The molecule has 2 atom stereocenters. The van der Waals surface area contributed by atoms with Crippen molar-refractivity contribution in [3.63, 3.8) is 0 Å². The molecular formula is C20H19ClF4N2O2S.